The molecule has 0 saturated heterocycles. The number of nitrogens with zero attached hydrogens (tertiary/aromatic N) is 3. The van der Waals surface area contributed by atoms with Gasteiger partial charge in [0.1, 0.15) is 0 Å². The molecule has 0 amide bonds. The third kappa shape index (κ3) is 2.67. The first kappa shape index (κ1) is 19.7. The zero-order valence-corrected chi connectivity index (χ0v) is 20.0. The second kappa shape index (κ2) is 7.48. The summed E-state index contributed by atoms with van der Waals surface area (Å²) in [6, 6.07) is 36.4. The van der Waals surface area contributed by atoms with Crippen molar-refractivity contribution >= 4 is 33.1 Å². The van der Waals surface area contributed by atoms with Crippen LogP contribution >= 0.6 is 11.3 Å². The van der Waals surface area contributed by atoms with Crippen molar-refractivity contribution in [2.75, 3.05) is 0 Å². The van der Waals surface area contributed by atoms with Gasteiger partial charge in [-0.25, -0.2) is 4.98 Å². The predicted molar refractivity (Wildman–Crippen MR) is 150 cm³/mol. The third-order valence-corrected chi connectivity index (χ3v) is 8.08. The number of rotatable bonds is 1. The highest BCUT2D eigenvalue weighted by molar-refractivity contribution is 7.14. The SMILES string of the molecule is c1ccc2c(c1)-c1ccsc1-c1ccccc1-c1ncc(-n3c4ccccc4c4ccccc43)nc1-2. The van der Waals surface area contributed by atoms with Gasteiger partial charge in [-0.1, -0.05) is 84.9 Å². The van der Waals surface area contributed by atoms with Crippen molar-refractivity contribution in [1.82, 2.24) is 14.5 Å². The maximum atomic E-state index is 5.36. The fraction of sp³-hybridized carbons (Fsp3) is 0. The Balaban J connectivity index is 1.49. The quantitative estimate of drug-likeness (QED) is 0.237. The van der Waals surface area contributed by atoms with E-state index >= 15 is 0 Å². The highest BCUT2D eigenvalue weighted by Crippen LogP contribution is 2.48. The fourth-order valence-electron chi connectivity index (χ4n) is 5.58. The largest absolute Gasteiger partial charge is 0.292 e. The minimum atomic E-state index is 0.824. The van der Waals surface area contributed by atoms with E-state index in [0.29, 0.717) is 0 Å². The van der Waals surface area contributed by atoms with Crippen LogP contribution in [0.15, 0.2) is 115 Å². The minimum absolute atomic E-state index is 0.824. The summed E-state index contributed by atoms with van der Waals surface area (Å²) in [6.07, 6.45) is 1.92. The lowest BCUT2D eigenvalue weighted by molar-refractivity contribution is 1.05. The summed E-state index contributed by atoms with van der Waals surface area (Å²) < 4.78 is 2.24. The number of aromatic nitrogens is 3. The average Bonchev–Trinajstić information content (AvgIpc) is 3.55. The smallest absolute Gasteiger partial charge is 0.156 e. The number of fused-ring (bicyclic) bond motifs is 11. The molecule has 0 bridgehead atoms. The number of benzene rings is 4. The number of para-hydroxylation sites is 2. The van der Waals surface area contributed by atoms with Crippen LogP contribution in [0.4, 0.5) is 0 Å². The third-order valence-electron chi connectivity index (χ3n) is 7.13. The summed E-state index contributed by atoms with van der Waals surface area (Å²) in [7, 11) is 0. The van der Waals surface area contributed by atoms with Gasteiger partial charge in [-0.05, 0) is 29.1 Å². The van der Waals surface area contributed by atoms with Gasteiger partial charge in [-0.2, -0.15) is 0 Å². The Morgan fingerprint density at radius 3 is 1.83 bits per heavy atom. The molecule has 0 N–H and O–H groups in total. The van der Waals surface area contributed by atoms with E-state index in [1.54, 1.807) is 11.3 Å². The zero-order valence-electron chi connectivity index (χ0n) is 19.2. The van der Waals surface area contributed by atoms with Crippen LogP contribution in [-0.2, 0) is 0 Å². The lowest BCUT2D eigenvalue weighted by Crippen LogP contribution is -2.04. The molecule has 3 heterocycles. The summed E-state index contributed by atoms with van der Waals surface area (Å²) in [5, 5.41) is 4.61. The Labute approximate surface area is 212 Å². The van der Waals surface area contributed by atoms with Crippen LogP contribution in [0.3, 0.4) is 0 Å². The first-order valence-corrected chi connectivity index (χ1v) is 12.9. The molecule has 3 nitrogen and oxygen atoms in total. The topological polar surface area (TPSA) is 30.7 Å². The molecule has 8 rings (SSSR count). The monoisotopic (exact) mass is 477 g/mol. The number of hydrogen-bond acceptors (Lipinski definition) is 3. The lowest BCUT2D eigenvalue weighted by atomic mass is 9.89. The molecule has 0 spiro atoms. The highest BCUT2D eigenvalue weighted by Gasteiger charge is 2.25. The van der Waals surface area contributed by atoms with Gasteiger partial charge in [-0.3, -0.25) is 9.55 Å². The van der Waals surface area contributed by atoms with Crippen LogP contribution in [0.1, 0.15) is 0 Å². The van der Waals surface area contributed by atoms with Gasteiger partial charge >= 0.3 is 0 Å². The van der Waals surface area contributed by atoms with Crippen molar-refractivity contribution in [3.63, 3.8) is 0 Å². The normalized spacial score (nSPS) is 11.9. The van der Waals surface area contributed by atoms with Gasteiger partial charge in [-0.15, -0.1) is 11.3 Å². The second-order valence-corrected chi connectivity index (χ2v) is 9.97. The van der Waals surface area contributed by atoms with E-state index in [9.17, 15) is 0 Å². The predicted octanol–water partition coefficient (Wildman–Crippen LogP) is 8.62. The summed E-state index contributed by atoms with van der Waals surface area (Å²) in [5.74, 6) is 0.824. The molecule has 0 unspecified atom stereocenters. The van der Waals surface area contributed by atoms with Crippen LogP contribution in [-0.4, -0.2) is 14.5 Å². The lowest BCUT2D eigenvalue weighted by Gasteiger charge is -2.20. The van der Waals surface area contributed by atoms with Crippen molar-refractivity contribution < 1.29 is 0 Å². The van der Waals surface area contributed by atoms with Crippen molar-refractivity contribution in [2.24, 2.45) is 0 Å². The standard InChI is InChI=1S/C32H19N3S/c1-2-12-23-20(9-1)26-17-18-36-32(26)25-14-4-3-13-24(25)30-31(23)34-29(19-33-30)35-27-15-7-5-10-21(27)22-11-6-8-16-28(22)35/h1-19H. The van der Waals surface area contributed by atoms with E-state index in [1.165, 1.54) is 32.3 Å². The summed E-state index contributed by atoms with van der Waals surface area (Å²) in [6.45, 7) is 0. The molecule has 7 aromatic rings. The Morgan fingerprint density at radius 1 is 0.528 bits per heavy atom. The van der Waals surface area contributed by atoms with Crippen molar-refractivity contribution in [2.45, 2.75) is 0 Å². The Bertz CT molecular complexity index is 1910. The van der Waals surface area contributed by atoms with E-state index in [2.05, 4.69) is 113 Å². The van der Waals surface area contributed by atoms with Crippen LogP contribution < -0.4 is 0 Å². The average molecular weight is 478 g/mol. The zero-order chi connectivity index (χ0) is 23.6. The molecule has 0 atom stereocenters. The minimum Gasteiger partial charge on any atom is -0.292 e. The van der Waals surface area contributed by atoms with Crippen LogP contribution in [0.5, 0.6) is 0 Å². The van der Waals surface area contributed by atoms with Crippen LogP contribution in [0, 0.1) is 0 Å². The maximum absolute atomic E-state index is 5.36. The van der Waals surface area contributed by atoms with Crippen LogP contribution in [0.25, 0.3) is 71.7 Å². The Morgan fingerprint density at radius 2 is 1.11 bits per heavy atom. The molecule has 168 valence electrons. The molecule has 3 aromatic heterocycles. The second-order valence-electron chi connectivity index (χ2n) is 9.05. The maximum Gasteiger partial charge on any atom is 0.156 e. The number of thiophene rings is 1. The summed E-state index contributed by atoms with van der Waals surface area (Å²) in [5.41, 5.74) is 9.97. The van der Waals surface area contributed by atoms with E-state index in [-0.39, 0.29) is 0 Å². The van der Waals surface area contributed by atoms with Gasteiger partial charge in [0.25, 0.3) is 0 Å². The van der Waals surface area contributed by atoms with Crippen LogP contribution in [0.2, 0.25) is 0 Å². The molecule has 1 aliphatic rings. The molecule has 0 aliphatic heterocycles. The van der Waals surface area contributed by atoms with Crippen molar-refractivity contribution in [1.29, 1.82) is 0 Å². The molecule has 0 fully saturated rings. The van der Waals surface area contributed by atoms with Gasteiger partial charge < -0.3 is 0 Å². The molecule has 1 aliphatic carbocycles. The first-order chi connectivity index (χ1) is 17.9. The van der Waals surface area contributed by atoms with E-state index in [0.717, 1.165) is 39.4 Å². The first-order valence-electron chi connectivity index (χ1n) is 12.0. The highest BCUT2D eigenvalue weighted by atomic mass is 32.1. The molecular weight excluding hydrogens is 458 g/mol. The van der Waals surface area contributed by atoms with Gasteiger partial charge in [0, 0.05) is 37.9 Å². The van der Waals surface area contributed by atoms with Gasteiger partial charge in [0.2, 0.25) is 0 Å². The molecule has 36 heavy (non-hydrogen) atoms. The Hall–Kier alpha value is -4.54. The van der Waals surface area contributed by atoms with Gasteiger partial charge in [0.15, 0.2) is 5.82 Å². The van der Waals surface area contributed by atoms with E-state index in [1.807, 2.05) is 6.20 Å². The molecule has 0 saturated carbocycles. The number of hydrogen-bond donors (Lipinski definition) is 0. The van der Waals surface area contributed by atoms with E-state index in [4.69, 9.17) is 9.97 Å². The molecular formula is C32H19N3S. The molecule has 4 heteroatoms. The summed E-state index contributed by atoms with van der Waals surface area (Å²) >= 11 is 1.78. The van der Waals surface area contributed by atoms with Crippen molar-refractivity contribution in [3.05, 3.63) is 115 Å². The molecule has 0 radical (unpaired) electrons. The fourth-order valence-corrected chi connectivity index (χ4v) is 6.53. The van der Waals surface area contributed by atoms with Crippen molar-refractivity contribution in [3.8, 4) is 49.9 Å². The molecule has 4 aromatic carbocycles. The van der Waals surface area contributed by atoms with Gasteiger partial charge in [0.05, 0.1) is 28.6 Å². The summed E-state index contributed by atoms with van der Waals surface area (Å²) in [4.78, 5) is 11.7. The Kier molecular flexibility index (Phi) is 4.10. The van der Waals surface area contributed by atoms with E-state index < -0.39 is 0 Å².